The van der Waals surface area contributed by atoms with Gasteiger partial charge in [0.05, 0.1) is 29.7 Å². The summed E-state index contributed by atoms with van der Waals surface area (Å²) in [4.78, 5) is 102. The highest BCUT2D eigenvalue weighted by atomic mass is 19.1. The second-order valence-electron chi connectivity index (χ2n) is 24.0. The standard InChI is InChI=1S/C66H80FN9O8/c1-39(68-6)59(77)73-55(64(82)75-36-46-19-9-8-18-45(46)34-56(75)62(80)71-53-24-14-20-43-16-10-12-22-49(43)53)33-41-26-29-48(30-27-41)84-38-42-28-31-51(52(67)32-42)61(79)70-47-35-57(63(81)72-54-25-15-21-44-17-11-13-23-50(44)54)76(37-47)65(83)58(66(3,4)5)74-60(78)40(2)69-7/h8-13,16-19,22-23,26-32,39-40,47,53-58,68-69H,14-15,20-21,24-25,33-38H2,1-7H3,(H,70,79)(H,71,80)(H,72,81)(H,73,77)(H,74,78)/t39-,40-,47-,53+,54+,55-,56-,57-,58+/m0/s1. The van der Waals surface area contributed by atoms with Crippen LogP contribution >= 0.6 is 0 Å². The zero-order valence-corrected chi connectivity index (χ0v) is 49.2. The van der Waals surface area contributed by atoms with E-state index in [4.69, 9.17) is 4.74 Å². The largest absolute Gasteiger partial charge is 0.489 e. The maximum Gasteiger partial charge on any atom is 0.254 e. The van der Waals surface area contributed by atoms with Gasteiger partial charge in [-0.25, -0.2) is 4.39 Å². The van der Waals surface area contributed by atoms with E-state index < -0.39 is 65.3 Å². The van der Waals surface area contributed by atoms with E-state index in [0.717, 1.165) is 66.3 Å². The molecule has 0 radical (unpaired) electrons. The highest BCUT2D eigenvalue weighted by Gasteiger charge is 2.46. The lowest BCUT2D eigenvalue weighted by Crippen LogP contribution is -2.59. The number of aryl methyl sites for hydroxylation is 2. The molecule has 2 heterocycles. The second kappa shape index (κ2) is 26.7. The van der Waals surface area contributed by atoms with Gasteiger partial charge in [-0.2, -0.15) is 0 Å². The van der Waals surface area contributed by atoms with Gasteiger partial charge in [-0.3, -0.25) is 33.6 Å². The van der Waals surface area contributed by atoms with E-state index in [0.29, 0.717) is 23.3 Å². The summed E-state index contributed by atoms with van der Waals surface area (Å²) in [7, 11) is 3.31. The van der Waals surface area contributed by atoms with Gasteiger partial charge in [0.15, 0.2) is 0 Å². The van der Waals surface area contributed by atoms with Crippen LogP contribution in [0, 0.1) is 11.2 Å². The average Bonchev–Trinajstić information content (AvgIpc) is 2.00. The fourth-order valence-corrected chi connectivity index (χ4v) is 12.0. The number of rotatable bonds is 19. The lowest BCUT2D eigenvalue weighted by molar-refractivity contribution is -0.145. The molecule has 84 heavy (non-hydrogen) atoms. The maximum atomic E-state index is 16.0. The van der Waals surface area contributed by atoms with Crippen molar-refractivity contribution in [1.82, 2.24) is 47.0 Å². The van der Waals surface area contributed by atoms with Gasteiger partial charge in [-0.15, -0.1) is 0 Å². The van der Waals surface area contributed by atoms with Crippen LogP contribution in [0.2, 0.25) is 0 Å². The molecular formula is C66H80FN9O8. The Morgan fingerprint density at radius 3 is 1.76 bits per heavy atom. The van der Waals surface area contributed by atoms with E-state index in [1.807, 2.05) is 75.4 Å². The first-order valence-electron chi connectivity index (χ1n) is 29.5. The summed E-state index contributed by atoms with van der Waals surface area (Å²) in [5.41, 5.74) is 6.58. The third-order valence-electron chi connectivity index (χ3n) is 17.1. The topological polar surface area (TPSA) is 219 Å². The fraction of sp³-hybridized carbons (Fsp3) is 0.439. The molecule has 0 spiro atoms. The minimum atomic E-state index is -1.02. The van der Waals surface area contributed by atoms with Gasteiger partial charge in [0.25, 0.3) is 5.91 Å². The number of carbonyl (C=O) groups excluding carboxylic acids is 7. The summed E-state index contributed by atoms with van der Waals surface area (Å²) < 4.78 is 22.1. The molecule has 0 bridgehead atoms. The Hall–Kier alpha value is -7.96. The lowest BCUT2D eigenvalue weighted by atomic mass is 9.85. The van der Waals surface area contributed by atoms with Gasteiger partial charge in [0, 0.05) is 32.0 Å². The van der Waals surface area contributed by atoms with Crippen LogP contribution in [0.1, 0.15) is 134 Å². The quantitative estimate of drug-likeness (QED) is 0.0495. The van der Waals surface area contributed by atoms with Gasteiger partial charge >= 0.3 is 0 Å². The first kappa shape index (κ1) is 60.6. The van der Waals surface area contributed by atoms with Gasteiger partial charge in [0.1, 0.15) is 42.3 Å². The van der Waals surface area contributed by atoms with Crippen LogP contribution in [-0.2, 0) is 67.6 Å². The maximum absolute atomic E-state index is 16.0. The molecule has 0 aromatic heterocycles. The van der Waals surface area contributed by atoms with Crippen molar-refractivity contribution in [3.8, 4) is 5.75 Å². The highest BCUT2D eigenvalue weighted by Crippen LogP contribution is 2.34. The van der Waals surface area contributed by atoms with Crippen LogP contribution in [0.15, 0.2) is 115 Å². The third-order valence-corrected chi connectivity index (χ3v) is 17.1. The molecule has 5 aromatic carbocycles. The van der Waals surface area contributed by atoms with Crippen molar-refractivity contribution in [2.75, 3.05) is 20.6 Å². The molecule has 0 unspecified atom stereocenters. The number of nitrogens with zero attached hydrogens (tertiary/aromatic N) is 2. The number of nitrogens with one attached hydrogen (secondary N) is 7. The molecule has 2 aliphatic carbocycles. The van der Waals surface area contributed by atoms with Gasteiger partial charge in [-0.05, 0) is 147 Å². The Balaban J connectivity index is 0.857. The molecule has 1 fully saturated rings. The van der Waals surface area contributed by atoms with Gasteiger partial charge in [-0.1, -0.05) is 112 Å². The minimum Gasteiger partial charge on any atom is -0.489 e. The van der Waals surface area contributed by atoms with E-state index in [1.54, 1.807) is 63.2 Å². The minimum absolute atomic E-state index is 0.0510. The first-order chi connectivity index (χ1) is 40.3. The van der Waals surface area contributed by atoms with Crippen LogP contribution in [0.4, 0.5) is 4.39 Å². The summed E-state index contributed by atoms with van der Waals surface area (Å²) in [5.74, 6) is -3.30. The average molecular weight is 1150 g/mol. The number of carbonyl (C=O) groups is 7. The number of fused-ring (bicyclic) bond motifs is 3. The Kier molecular flexibility index (Phi) is 19.3. The summed E-state index contributed by atoms with van der Waals surface area (Å²) in [6, 6.07) is 28.9. The molecule has 1 saturated heterocycles. The molecule has 0 saturated carbocycles. The van der Waals surface area contributed by atoms with Gasteiger partial charge < -0.3 is 51.8 Å². The van der Waals surface area contributed by atoms with E-state index in [2.05, 4.69) is 55.4 Å². The summed E-state index contributed by atoms with van der Waals surface area (Å²) >= 11 is 0. The Bertz CT molecular complexity index is 3240. The molecule has 7 amide bonds. The zero-order valence-electron chi connectivity index (χ0n) is 49.2. The van der Waals surface area contributed by atoms with Crippen molar-refractivity contribution in [2.45, 2.75) is 160 Å². The molecular weight excluding hydrogens is 1070 g/mol. The fourth-order valence-electron chi connectivity index (χ4n) is 12.0. The first-order valence-corrected chi connectivity index (χ1v) is 29.5. The molecule has 18 heteroatoms. The van der Waals surface area contributed by atoms with E-state index in [1.165, 1.54) is 22.6 Å². The monoisotopic (exact) mass is 1150 g/mol. The van der Waals surface area contributed by atoms with E-state index in [-0.39, 0.29) is 79.7 Å². The summed E-state index contributed by atoms with van der Waals surface area (Å²) in [5, 5.41) is 21.1. The number of hydrogen-bond donors (Lipinski definition) is 7. The van der Waals surface area contributed by atoms with E-state index >= 15 is 4.39 Å². The lowest BCUT2D eigenvalue weighted by Gasteiger charge is -2.39. The van der Waals surface area contributed by atoms with Crippen molar-refractivity contribution in [3.63, 3.8) is 0 Å². The zero-order chi connectivity index (χ0) is 59.8. The van der Waals surface area contributed by atoms with Crippen LogP contribution in [-0.4, -0.2) is 114 Å². The third kappa shape index (κ3) is 14.2. The molecule has 17 nitrogen and oxygen atoms in total. The molecule has 9 atom stereocenters. The molecule has 9 rings (SSSR count). The van der Waals surface area contributed by atoms with Crippen molar-refractivity contribution < 1.29 is 42.7 Å². The van der Waals surface area contributed by atoms with Crippen LogP contribution in [0.5, 0.6) is 5.75 Å². The highest BCUT2D eigenvalue weighted by molar-refractivity contribution is 5.97. The Labute approximate surface area is 492 Å². The molecule has 5 aromatic rings. The van der Waals surface area contributed by atoms with Crippen LogP contribution < -0.4 is 42.0 Å². The number of benzene rings is 5. The smallest absolute Gasteiger partial charge is 0.254 e. The predicted octanol–water partition coefficient (Wildman–Crippen LogP) is 6.22. The normalized spacial score (nSPS) is 20.5. The second-order valence-corrected chi connectivity index (χ2v) is 24.0. The predicted molar refractivity (Wildman–Crippen MR) is 318 cm³/mol. The molecule has 444 valence electrons. The molecule has 4 aliphatic rings. The van der Waals surface area contributed by atoms with Crippen molar-refractivity contribution in [3.05, 3.63) is 171 Å². The number of likely N-dealkylation sites (tertiary alicyclic amines) is 1. The molecule has 7 N–H and O–H groups in total. The molecule has 2 aliphatic heterocycles. The van der Waals surface area contributed by atoms with Crippen LogP contribution in [0.3, 0.4) is 0 Å². The Morgan fingerprint density at radius 2 is 1.18 bits per heavy atom. The van der Waals surface area contributed by atoms with Crippen molar-refractivity contribution in [2.24, 2.45) is 5.41 Å². The van der Waals surface area contributed by atoms with Crippen molar-refractivity contribution in [1.29, 1.82) is 0 Å². The number of amides is 7. The number of halogens is 1. The number of hydrogen-bond acceptors (Lipinski definition) is 10. The van der Waals surface area contributed by atoms with Gasteiger partial charge in [0.2, 0.25) is 35.4 Å². The SMILES string of the molecule is CN[C@@H](C)C(=O)N[C@@H](Cc1ccc(OCc2ccc(C(=O)N[C@H]3C[C@@H](C(=O)N[C@@H]4CCCc5ccccc54)N(C(=O)[C@@H](NC(=O)[C@H](C)NC)C(C)(C)C)C3)c(F)c2)cc1)C(=O)N1Cc2ccccc2C[C@H]1C(=O)N[C@@H]1CCCc2ccccc21. The number of ether oxygens (including phenoxy) is 1. The Morgan fingerprint density at radius 1 is 0.631 bits per heavy atom. The van der Waals surface area contributed by atoms with E-state index in [9.17, 15) is 33.6 Å². The van der Waals surface area contributed by atoms with Crippen molar-refractivity contribution >= 4 is 41.4 Å². The number of likely N-dealkylation sites (N-methyl/N-ethyl adjacent to an activating group) is 2. The van der Waals surface area contributed by atoms with Crippen LogP contribution in [0.25, 0.3) is 0 Å². The summed E-state index contributed by atoms with van der Waals surface area (Å²) in [6.07, 6.45) is 5.66. The summed E-state index contributed by atoms with van der Waals surface area (Å²) in [6.45, 7) is 8.98.